The number of hydrogen-bond donors (Lipinski definition) is 2. The standard InChI is InChI=1S/C27H42O4/c1-16(2)17(3)7-8-18(4)20-11-12-21-19-9-10-23(25(30)31)27(6,15-24(28)29)22(19)13-14-26(20,21)5/h7-9,16-18,20-23H,10-15H2,1-6H3,(H,28,29)(H,30,31)/b8-7+/t17-,18+,20-,21+,22-,23+,26+,27+/m0/s1. The van der Waals surface area contributed by atoms with Crippen molar-refractivity contribution in [3.8, 4) is 0 Å². The van der Waals surface area contributed by atoms with E-state index in [0.29, 0.717) is 36.0 Å². The molecule has 2 fully saturated rings. The Morgan fingerprint density at radius 3 is 2.32 bits per heavy atom. The lowest BCUT2D eigenvalue weighted by molar-refractivity contribution is -0.153. The number of carboxylic acids is 2. The van der Waals surface area contributed by atoms with Crippen molar-refractivity contribution in [2.24, 2.45) is 52.3 Å². The molecule has 0 amide bonds. The highest BCUT2D eigenvalue weighted by atomic mass is 16.4. The van der Waals surface area contributed by atoms with Gasteiger partial charge in [-0.3, -0.25) is 9.59 Å². The Hall–Kier alpha value is -1.58. The van der Waals surface area contributed by atoms with Crippen LogP contribution in [-0.4, -0.2) is 22.2 Å². The highest BCUT2D eigenvalue weighted by Crippen LogP contribution is 2.65. The number of rotatable bonds is 7. The van der Waals surface area contributed by atoms with Crippen LogP contribution in [0.25, 0.3) is 0 Å². The average Bonchev–Trinajstić information content (AvgIpc) is 3.02. The molecule has 2 N–H and O–H groups in total. The van der Waals surface area contributed by atoms with E-state index < -0.39 is 23.3 Å². The van der Waals surface area contributed by atoms with E-state index in [1.54, 1.807) is 0 Å². The van der Waals surface area contributed by atoms with Gasteiger partial charge >= 0.3 is 11.9 Å². The zero-order valence-electron chi connectivity index (χ0n) is 20.2. The lowest BCUT2D eigenvalue weighted by atomic mass is 9.49. The zero-order valence-corrected chi connectivity index (χ0v) is 20.2. The van der Waals surface area contributed by atoms with Gasteiger partial charge in [0.05, 0.1) is 12.3 Å². The molecular weight excluding hydrogens is 388 g/mol. The fourth-order valence-corrected chi connectivity index (χ4v) is 7.32. The minimum atomic E-state index is -0.884. The largest absolute Gasteiger partial charge is 0.481 e. The normalized spacial score (nSPS) is 39.6. The van der Waals surface area contributed by atoms with E-state index in [9.17, 15) is 19.8 Å². The highest BCUT2D eigenvalue weighted by molar-refractivity contribution is 5.75. The van der Waals surface area contributed by atoms with Crippen LogP contribution in [0.15, 0.2) is 23.8 Å². The number of carboxylic acid groups (broad SMARTS) is 2. The van der Waals surface area contributed by atoms with Crippen molar-refractivity contribution in [2.75, 3.05) is 0 Å². The SMILES string of the molecule is CC(C)[C@@H](C)/C=C/[C@@H](C)[C@@H]1CC[C@@H]2C3=CC[C@H](C(=O)O)[C@](C)(CC(=O)O)[C@H]3CC[C@@]21C. The first-order chi connectivity index (χ1) is 14.4. The first-order valence-electron chi connectivity index (χ1n) is 12.2. The average molecular weight is 431 g/mol. The van der Waals surface area contributed by atoms with E-state index in [1.807, 2.05) is 6.92 Å². The summed E-state index contributed by atoms with van der Waals surface area (Å²) in [4.78, 5) is 23.7. The molecule has 2 saturated carbocycles. The van der Waals surface area contributed by atoms with Gasteiger partial charge in [0.15, 0.2) is 0 Å². The maximum Gasteiger partial charge on any atom is 0.307 e. The molecule has 3 rings (SSSR count). The molecule has 0 aromatic heterocycles. The van der Waals surface area contributed by atoms with Crippen LogP contribution in [0.1, 0.15) is 80.1 Å². The van der Waals surface area contributed by atoms with E-state index in [0.717, 1.165) is 19.3 Å². The van der Waals surface area contributed by atoms with Crippen LogP contribution in [0, 0.1) is 52.3 Å². The minimum absolute atomic E-state index is 0.0644. The van der Waals surface area contributed by atoms with Gasteiger partial charge in [-0.1, -0.05) is 65.3 Å². The second kappa shape index (κ2) is 8.75. The third-order valence-electron chi connectivity index (χ3n) is 9.60. The van der Waals surface area contributed by atoms with Crippen molar-refractivity contribution in [3.63, 3.8) is 0 Å². The summed E-state index contributed by atoms with van der Waals surface area (Å²) in [6.07, 6.45) is 11.7. The second-order valence-corrected chi connectivity index (χ2v) is 11.6. The summed E-state index contributed by atoms with van der Waals surface area (Å²) in [7, 11) is 0. The molecule has 3 aliphatic carbocycles. The highest BCUT2D eigenvalue weighted by Gasteiger charge is 2.58. The molecule has 0 heterocycles. The molecule has 0 aromatic rings. The number of fused-ring (bicyclic) bond motifs is 3. The smallest absolute Gasteiger partial charge is 0.307 e. The van der Waals surface area contributed by atoms with E-state index in [-0.39, 0.29) is 17.8 Å². The zero-order chi connectivity index (χ0) is 23.1. The molecule has 0 saturated heterocycles. The van der Waals surface area contributed by atoms with Gasteiger partial charge in [0.25, 0.3) is 0 Å². The maximum absolute atomic E-state index is 12.0. The number of allylic oxidation sites excluding steroid dienone is 4. The van der Waals surface area contributed by atoms with Crippen LogP contribution < -0.4 is 0 Å². The summed E-state index contributed by atoms with van der Waals surface area (Å²) >= 11 is 0. The van der Waals surface area contributed by atoms with Crippen LogP contribution in [0.4, 0.5) is 0 Å². The van der Waals surface area contributed by atoms with E-state index in [1.165, 1.54) is 12.0 Å². The molecule has 31 heavy (non-hydrogen) atoms. The first-order valence-corrected chi connectivity index (χ1v) is 12.2. The van der Waals surface area contributed by atoms with Crippen LogP contribution in [-0.2, 0) is 9.59 Å². The van der Waals surface area contributed by atoms with Crippen molar-refractivity contribution in [2.45, 2.75) is 80.1 Å². The second-order valence-electron chi connectivity index (χ2n) is 11.6. The summed E-state index contributed by atoms with van der Waals surface area (Å²) in [5.41, 5.74) is 0.886. The summed E-state index contributed by atoms with van der Waals surface area (Å²) in [6, 6.07) is 0. The van der Waals surface area contributed by atoms with Gasteiger partial charge in [-0.25, -0.2) is 0 Å². The van der Waals surface area contributed by atoms with Crippen molar-refractivity contribution in [1.82, 2.24) is 0 Å². The molecule has 0 unspecified atom stereocenters. The van der Waals surface area contributed by atoms with Gasteiger partial charge < -0.3 is 10.2 Å². The Balaban J connectivity index is 1.87. The molecule has 8 atom stereocenters. The van der Waals surface area contributed by atoms with Gasteiger partial charge in [-0.05, 0) is 78.4 Å². The Kier molecular flexibility index (Phi) is 6.79. The molecule has 0 spiro atoms. The lowest BCUT2D eigenvalue weighted by Gasteiger charge is -2.54. The Morgan fingerprint density at radius 1 is 1.06 bits per heavy atom. The lowest BCUT2D eigenvalue weighted by Crippen LogP contribution is -2.50. The Morgan fingerprint density at radius 2 is 1.74 bits per heavy atom. The minimum Gasteiger partial charge on any atom is -0.481 e. The Labute approximate surface area is 188 Å². The first kappa shape index (κ1) is 24.1. The summed E-state index contributed by atoms with van der Waals surface area (Å²) in [6.45, 7) is 13.5. The predicted molar refractivity (Wildman–Crippen MR) is 124 cm³/mol. The Bertz CT molecular complexity index is 765. The van der Waals surface area contributed by atoms with Crippen molar-refractivity contribution >= 4 is 11.9 Å². The summed E-state index contributed by atoms with van der Waals surface area (Å²) < 4.78 is 0. The third-order valence-corrected chi connectivity index (χ3v) is 9.60. The molecule has 0 aliphatic heterocycles. The predicted octanol–water partition coefficient (Wildman–Crippen LogP) is 6.43. The number of hydrogen-bond acceptors (Lipinski definition) is 2. The monoisotopic (exact) mass is 430 g/mol. The van der Waals surface area contributed by atoms with Gasteiger partial charge in [0.1, 0.15) is 0 Å². The van der Waals surface area contributed by atoms with E-state index in [4.69, 9.17) is 0 Å². The van der Waals surface area contributed by atoms with Gasteiger partial charge in [-0.2, -0.15) is 0 Å². The quantitative estimate of drug-likeness (QED) is 0.457. The van der Waals surface area contributed by atoms with Crippen LogP contribution >= 0.6 is 0 Å². The maximum atomic E-state index is 12.0. The van der Waals surface area contributed by atoms with Crippen molar-refractivity contribution in [3.05, 3.63) is 23.8 Å². The van der Waals surface area contributed by atoms with Crippen LogP contribution in [0.2, 0.25) is 0 Å². The molecular formula is C27H42O4. The number of carbonyl (C=O) groups is 2. The van der Waals surface area contributed by atoms with Crippen molar-refractivity contribution < 1.29 is 19.8 Å². The van der Waals surface area contributed by atoms with Crippen molar-refractivity contribution in [1.29, 1.82) is 0 Å². The fourth-order valence-electron chi connectivity index (χ4n) is 7.32. The summed E-state index contributed by atoms with van der Waals surface area (Å²) in [5.74, 6) is 0.548. The van der Waals surface area contributed by atoms with Crippen LogP contribution in [0.5, 0.6) is 0 Å². The molecule has 0 bridgehead atoms. The molecule has 174 valence electrons. The molecule has 3 aliphatic rings. The topological polar surface area (TPSA) is 74.6 Å². The third kappa shape index (κ3) is 4.24. The van der Waals surface area contributed by atoms with E-state index >= 15 is 0 Å². The molecule has 0 radical (unpaired) electrons. The van der Waals surface area contributed by atoms with Crippen LogP contribution in [0.3, 0.4) is 0 Å². The fraction of sp³-hybridized carbons (Fsp3) is 0.778. The summed E-state index contributed by atoms with van der Waals surface area (Å²) in [5, 5.41) is 19.4. The molecule has 4 heteroatoms. The molecule has 4 nitrogen and oxygen atoms in total. The molecule has 0 aromatic carbocycles. The van der Waals surface area contributed by atoms with Gasteiger partial charge in [0.2, 0.25) is 0 Å². The number of aliphatic carboxylic acids is 2. The van der Waals surface area contributed by atoms with E-state index in [2.05, 4.69) is 52.8 Å². The van der Waals surface area contributed by atoms with Gasteiger partial charge in [0, 0.05) is 0 Å². The van der Waals surface area contributed by atoms with Gasteiger partial charge in [-0.15, -0.1) is 0 Å².